The van der Waals surface area contributed by atoms with Gasteiger partial charge in [-0.1, -0.05) is 185 Å². The molecule has 0 aliphatic carbocycles. The van der Waals surface area contributed by atoms with E-state index in [1.54, 1.807) is 57.7 Å². The van der Waals surface area contributed by atoms with E-state index in [-0.39, 0.29) is 30.5 Å². The maximum absolute atomic E-state index is 14.1. The van der Waals surface area contributed by atoms with Crippen LogP contribution in [0.3, 0.4) is 0 Å². The topological polar surface area (TPSA) is 303 Å². The van der Waals surface area contributed by atoms with Gasteiger partial charge in [-0.25, -0.2) is 28.9 Å². The molecule has 39 heteroatoms. The van der Waals surface area contributed by atoms with Crippen molar-refractivity contribution < 1.29 is 95.7 Å². The van der Waals surface area contributed by atoms with E-state index in [0.717, 1.165) is 85.3 Å². The molecule has 0 saturated carbocycles. The maximum atomic E-state index is 14.1. The number of hydrogen-bond acceptors (Lipinski definition) is 18. The van der Waals surface area contributed by atoms with E-state index in [9.17, 15) is 81.5 Å². The second-order valence-electron chi connectivity index (χ2n) is 29.3. The molecular weight excluding hydrogens is 1660 g/mol. The minimum absolute atomic E-state index is 0.0827. The van der Waals surface area contributed by atoms with Crippen LogP contribution < -0.4 is 16.4 Å². The summed E-state index contributed by atoms with van der Waals surface area (Å²) in [5.74, 6) is -11.0. The Morgan fingerprint density at radius 1 is 0.463 bits per heavy atom. The summed E-state index contributed by atoms with van der Waals surface area (Å²) in [6, 6.07) is 59.7. The number of ether oxygens (including phenoxy) is 3. The zero-order valence-electron chi connectivity index (χ0n) is 65.2. The van der Waals surface area contributed by atoms with Gasteiger partial charge >= 0.3 is 48.5 Å². The maximum Gasteiger partial charge on any atom is 0.491 e. The van der Waals surface area contributed by atoms with E-state index < -0.39 is 83.0 Å². The van der Waals surface area contributed by atoms with Crippen LogP contribution in [-0.2, 0) is 59.7 Å². The van der Waals surface area contributed by atoms with Gasteiger partial charge < -0.3 is 25.3 Å². The first kappa shape index (κ1) is 90.7. The van der Waals surface area contributed by atoms with Gasteiger partial charge in [0.1, 0.15) is 37.5 Å². The summed E-state index contributed by atoms with van der Waals surface area (Å²) in [5, 5.41) is 22.4. The molecule has 6 aromatic carbocycles. The first-order valence-corrected chi connectivity index (χ1v) is 44.7. The van der Waals surface area contributed by atoms with E-state index in [1.165, 1.54) is 15.7 Å². The van der Waals surface area contributed by atoms with Crippen LogP contribution in [0.5, 0.6) is 0 Å². The summed E-state index contributed by atoms with van der Waals surface area (Å²) in [4.78, 5) is 85.8. The van der Waals surface area contributed by atoms with Crippen molar-refractivity contribution in [3.05, 3.63) is 241 Å². The number of esters is 2. The molecular formula is C82H76ClF12N15O9Si2. The van der Waals surface area contributed by atoms with Crippen molar-refractivity contribution in [2.75, 3.05) is 36.7 Å². The predicted molar refractivity (Wildman–Crippen MR) is 433 cm³/mol. The van der Waals surface area contributed by atoms with E-state index >= 15 is 0 Å². The number of allylic oxidation sites excluding steroid dienone is 3. The highest BCUT2D eigenvalue weighted by Crippen LogP contribution is 2.43. The van der Waals surface area contributed by atoms with Gasteiger partial charge in [0.25, 0.3) is 11.8 Å². The summed E-state index contributed by atoms with van der Waals surface area (Å²) in [7, 11) is -2.17. The van der Waals surface area contributed by atoms with Crippen LogP contribution in [-0.4, -0.2) is 161 Å². The summed E-state index contributed by atoms with van der Waals surface area (Å²) in [6.07, 6.45) is -14.4. The first-order chi connectivity index (χ1) is 57.1. The Labute approximate surface area is 689 Å². The molecule has 0 radical (unpaired) electrons. The number of hydrogen-bond donors (Lipinski definition) is 3. The molecule has 24 nitrogen and oxygen atoms in total. The Balaban J connectivity index is 0.000000171. The number of anilines is 2. The Bertz CT molecular complexity index is 5730. The summed E-state index contributed by atoms with van der Waals surface area (Å²) in [5.41, 5.74) is 18.5. The van der Waals surface area contributed by atoms with Gasteiger partial charge in [0.2, 0.25) is 11.9 Å². The predicted octanol–water partition coefficient (Wildman–Crippen LogP) is 17.2. The Kier molecular flexibility index (Phi) is 29.3. The molecule has 0 spiro atoms. The molecule has 12 aromatic rings. The number of nitrogen functional groups attached to an aromatic ring is 1. The zero-order valence-corrected chi connectivity index (χ0v) is 68.0. The fraction of sp³-hybridized carbons (Fsp3) is 0.244. The van der Waals surface area contributed by atoms with Gasteiger partial charge in [-0.3, -0.25) is 34.5 Å². The van der Waals surface area contributed by atoms with Gasteiger partial charge in [-0.05, 0) is 81.9 Å². The number of pyridine rings is 2. The Hall–Kier alpha value is -12.7. The fourth-order valence-electron chi connectivity index (χ4n) is 12.0. The lowest BCUT2D eigenvalue weighted by atomic mass is 9.89. The number of rotatable bonds is 20. The average molecular weight is 1740 g/mol. The van der Waals surface area contributed by atoms with Crippen molar-refractivity contribution in [3.8, 4) is 44.8 Å². The highest BCUT2D eigenvalue weighted by molar-refractivity contribution is 6.76. The van der Waals surface area contributed by atoms with Crippen molar-refractivity contribution in [1.29, 1.82) is 0 Å². The van der Waals surface area contributed by atoms with Crippen LogP contribution in [0, 0.1) is 0 Å². The number of amides is 2. The molecule has 0 atom stereocenters. The monoisotopic (exact) mass is 1730 g/mol. The lowest BCUT2D eigenvalue weighted by molar-refractivity contribution is -0.221. The van der Waals surface area contributed by atoms with Gasteiger partial charge in [0.15, 0.2) is 0 Å². The van der Waals surface area contributed by atoms with Gasteiger partial charge in [0, 0.05) is 106 Å². The second-order valence-corrected chi connectivity index (χ2v) is 40.8. The van der Waals surface area contributed by atoms with Crippen LogP contribution in [0.2, 0.25) is 51.4 Å². The molecule has 2 amide bonds. The highest BCUT2D eigenvalue weighted by Gasteiger charge is 2.49. The van der Waals surface area contributed by atoms with Crippen LogP contribution in [0.25, 0.3) is 77.7 Å². The molecule has 121 heavy (non-hydrogen) atoms. The quantitative estimate of drug-likeness (QED) is 0.0159. The fourth-order valence-corrected chi connectivity index (χ4v) is 13.7. The molecule has 0 bridgehead atoms. The molecule has 632 valence electrons. The third kappa shape index (κ3) is 24.5. The first-order valence-electron chi connectivity index (χ1n) is 36.7. The number of carbonyl (C=O) groups is 6. The molecule has 8 heterocycles. The number of fused-ring (bicyclic) bond motifs is 4. The molecule has 6 aromatic heterocycles. The number of aromatic nitrogens is 12. The third-order valence-electron chi connectivity index (χ3n) is 17.8. The lowest BCUT2D eigenvalue weighted by Gasteiger charge is -2.23. The lowest BCUT2D eigenvalue weighted by Crippen LogP contribution is -2.39. The van der Waals surface area contributed by atoms with Crippen molar-refractivity contribution >= 4 is 108 Å². The molecule has 2 aliphatic rings. The number of nitrogens with zero attached hydrogens (tertiary/aromatic N) is 12. The smallest absolute Gasteiger partial charge is 0.380 e. The molecule has 14 rings (SSSR count). The van der Waals surface area contributed by atoms with Crippen LogP contribution >= 0.6 is 11.6 Å². The standard InChI is InChI=1S/C31H21F3N4O2.C29H20ClN3O.C10H17F3N4O2Si.C8H18N4OSi.C4F6O3/c32-31(33,34)30(40)36-18-23-17-25-27(19-8-3-1-4-9-19)28(20-10-5-2-6-11-20)37-38(25)29(39)26(23)22-13-14-24-21(16-22)12-7-15-35-24;30-18-23-17-25-27(19-8-3-1-4-9-19)28(20-10-5-2-6-11-20)32-33(25)29(34)26(23)22-13-14-24-21(16-22)12-7-15-31-24;1-20(2,3)5-4-19-7-17-6-14-9(16-17)15-8(18)10(11,12)13;1-14(2,3)5-4-13-7-12-6-10-8(9)11-12;5-3(6,7)1(11)13-2(12)4(8,9)10/h1-16H,17-18H2,(H,36,40);1-16H,17-18H2;6H,4-5,7H2,1-3H3,(H,15,16,18);6H,4-5,7H2,1-3H3,(H2,9,11);. The van der Waals surface area contributed by atoms with E-state index in [1.807, 2.05) is 151 Å². The number of alkyl halides is 13. The molecule has 0 fully saturated rings. The van der Waals surface area contributed by atoms with E-state index in [0.29, 0.717) is 64.9 Å². The van der Waals surface area contributed by atoms with Crippen molar-refractivity contribution in [1.82, 2.24) is 64.4 Å². The SMILES string of the molecule is C[Si](C)(C)CCOCn1cnc(N)n1.C[Si](C)(C)CCOCn1cnc(NC(=O)C(F)(F)F)n1.O=C(OC(=O)C(F)(F)F)C(F)(F)F.O=C1C(c2ccc3ncccc3c2)=C(CCl)Cc2c(-c3ccccc3)c(-c3ccccc3)nn21.O=C1C(c2ccc3ncccc3c2)=C(CNC(=O)C(F)(F)F)Cc2c(-c3ccccc3)c(-c3ccccc3)nn21. The number of halogens is 13. The van der Waals surface area contributed by atoms with Gasteiger partial charge in [-0.2, -0.15) is 72.2 Å². The van der Waals surface area contributed by atoms with Crippen LogP contribution in [0.15, 0.2) is 218 Å². The number of carbonyl (C=O) groups excluding carboxylic acids is 6. The number of nitrogens with one attached hydrogen (secondary N) is 2. The second kappa shape index (κ2) is 39.0. The minimum atomic E-state index is -5.62. The summed E-state index contributed by atoms with van der Waals surface area (Å²) in [6.45, 7) is 15.0. The van der Waals surface area contributed by atoms with E-state index in [2.05, 4.69) is 86.3 Å². The largest absolute Gasteiger partial charge is 0.491 e. The Morgan fingerprint density at radius 2 is 0.860 bits per heavy atom. The highest BCUT2D eigenvalue weighted by atomic mass is 35.5. The van der Waals surface area contributed by atoms with Gasteiger partial charge in [-0.15, -0.1) is 21.8 Å². The molecule has 0 saturated heterocycles. The normalized spacial score (nSPS) is 13.0. The molecule has 4 N–H and O–H groups in total. The van der Waals surface area contributed by atoms with Crippen LogP contribution in [0.1, 0.15) is 32.1 Å². The molecule has 0 unspecified atom stereocenters. The third-order valence-corrected chi connectivity index (χ3v) is 21.5. The Morgan fingerprint density at radius 3 is 1.25 bits per heavy atom. The van der Waals surface area contributed by atoms with Gasteiger partial charge in [0.05, 0.1) is 28.0 Å². The number of benzene rings is 6. The summed E-state index contributed by atoms with van der Waals surface area (Å²) >= 11 is 6.45. The van der Waals surface area contributed by atoms with Crippen molar-refractivity contribution in [2.45, 2.75) is 102 Å². The van der Waals surface area contributed by atoms with Crippen molar-refractivity contribution in [3.63, 3.8) is 0 Å². The van der Waals surface area contributed by atoms with Crippen LogP contribution in [0.4, 0.5) is 64.6 Å². The summed E-state index contributed by atoms with van der Waals surface area (Å²) < 4.78 is 161. The zero-order chi connectivity index (χ0) is 87.8. The average Bonchev–Trinajstić information content (AvgIpc) is 1.61. The molecule has 2 aliphatic heterocycles. The van der Waals surface area contributed by atoms with Crippen molar-refractivity contribution in [2.24, 2.45) is 0 Å². The minimum Gasteiger partial charge on any atom is -0.380 e. The number of nitrogens with two attached hydrogens (primary N) is 1. The van der Waals surface area contributed by atoms with E-state index in [4.69, 9.17) is 37.0 Å².